The molecular weight excluding hydrogens is 204 g/mol. The highest BCUT2D eigenvalue weighted by Gasteiger charge is 2.10. The number of aromatic nitrogens is 2. The lowest BCUT2D eigenvalue weighted by Gasteiger charge is -2.07. The van der Waals surface area contributed by atoms with Crippen LogP contribution in [0.4, 0.5) is 0 Å². The first-order chi connectivity index (χ1) is 7.68. The van der Waals surface area contributed by atoms with Gasteiger partial charge in [0.15, 0.2) is 0 Å². The number of nitrogens with zero attached hydrogens (tertiary/aromatic N) is 2. The zero-order valence-electron chi connectivity index (χ0n) is 8.92. The molecule has 0 unspecified atom stereocenters. The van der Waals surface area contributed by atoms with Crippen molar-refractivity contribution in [1.29, 1.82) is 0 Å². The molecule has 82 valence electrons. The minimum absolute atomic E-state index is 0.0291. The summed E-state index contributed by atoms with van der Waals surface area (Å²) in [7, 11) is 1.89. The van der Waals surface area contributed by atoms with Crippen molar-refractivity contribution in [3.8, 4) is 11.3 Å². The number of rotatable bonds is 3. The van der Waals surface area contributed by atoms with Crippen LogP contribution >= 0.6 is 0 Å². The van der Waals surface area contributed by atoms with Crippen LogP contribution in [0.1, 0.15) is 5.56 Å². The number of hydrogen-bond donors (Lipinski definition) is 1. The Morgan fingerprint density at radius 1 is 1.44 bits per heavy atom. The van der Waals surface area contributed by atoms with Gasteiger partial charge in [0.1, 0.15) is 0 Å². The van der Waals surface area contributed by atoms with E-state index in [9.17, 15) is 4.79 Å². The SMILES string of the molecule is Cn1cncc1-c1ccccc1CC(=O)O. The summed E-state index contributed by atoms with van der Waals surface area (Å²) in [6.45, 7) is 0. The highest BCUT2D eigenvalue weighted by molar-refractivity contribution is 5.75. The highest BCUT2D eigenvalue weighted by Crippen LogP contribution is 2.23. The summed E-state index contributed by atoms with van der Waals surface area (Å²) >= 11 is 0. The number of benzene rings is 1. The fraction of sp³-hybridized carbons (Fsp3) is 0.167. The van der Waals surface area contributed by atoms with Gasteiger partial charge in [-0.1, -0.05) is 24.3 Å². The molecular formula is C12H12N2O2. The maximum Gasteiger partial charge on any atom is 0.307 e. The van der Waals surface area contributed by atoms with E-state index in [1.807, 2.05) is 35.9 Å². The second kappa shape index (κ2) is 4.18. The first-order valence-electron chi connectivity index (χ1n) is 4.95. The number of carbonyl (C=O) groups is 1. The van der Waals surface area contributed by atoms with Crippen molar-refractivity contribution in [2.24, 2.45) is 7.05 Å². The molecule has 2 rings (SSSR count). The Morgan fingerprint density at radius 3 is 2.81 bits per heavy atom. The molecule has 0 saturated heterocycles. The van der Waals surface area contributed by atoms with Gasteiger partial charge in [-0.25, -0.2) is 4.98 Å². The second-order valence-electron chi connectivity index (χ2n) is 3.62. The highest BCUT2D eigenvalue weighted by atomic mass is 16.4. The molecule has 1 aromatic heterocycles. The lowest BCUT2D eigenvalue weighted by molar-refractivity contribution is -0.136. The van der Waals surface area contributed by atoms with E-state index in [2.05, 4.69) is 4.98 Å². The number of imidazole rings is 1. The Bertz CT molecular complexity index is 517. The average molecular weight is 216 g/mol. The molecule has 1 aromatic carbocycles. The molecule has 4 nitrogen and oxygen atoms in total. The van der Waals surface area contributed by atoms with Gasteiger partial charge in [0.05, 0.1) is 24.6 Å². The summed E-state index contributed by atoms with van der Waals surface area (Å²) in [5, 5.41) is 8.84. The minimum atomic E-state index is -0.824. The van der Waals surface area contributed by atoms with E-state index >= 15 is 0 Å². The van der Waals surface area contributed by atoms with Gasteiger partial charge in [-0.15, -0.1) is 0 Å². The topological polar surface area (TPSA) is 55.1 Å². The molecule has 0 atom stereocenters. The van der Waals surface area contributed by atoms with Crippen molar-refractivity contribution < 1.29 is 9.90 Å². The van der Waals surface area contributed by atoms with Crippen molar-refractivity contribution in [2.75, 3.05) is 0 Å². The number of carboxylic acids is 1. The minimum Gasteiger partial charge on any atom is -0.481 e. The first-order valence-corrected chi connectivity index (χ1v) is 4.95. The Hall–Kier alpha value is -2.10. The molecule has 0 aliphatic rings. The molecule has 0 bridgehead atoms. The summed E-state index contributed by atoms with van der Waals surface area (Å²) in [6.07, 6.45) is 3.47. The smallest absolute Gasteiger partial charge is 0.307 e. The fourth-order valence-corrected chi connectivity index (χ4v) is 1.70. The van der Waals surface area contributed by atoms with E-state index in [0.717, 1.165) is 16.8 Å². The Labute approximate surface area is 93.2 Å². The van der Waals surface area contributed by atoms with E-state index in [4.69, 9.17) is 5.11 Å². The Morgan fingerprint density at radius 2 is 2.19 bits per heavy atom. The quantitative estimate of drug-likeness (QED) is 0.849. The second-order valence-corrected chi connectivity index (χ2v) is 3.62. The van der Waals surface area contributed by atoms with Gasteiger partial charge < -0.3 is 9.67 Å². The Balaban J connectivity index is 2.48. The maximum absolute atomic E-state index is 10.8. The zero-order valence-corrected chi connectivity index (χ0v) is 8.92. The van der Waals surface area contributed by atoms with Crippen LogP contribution in [-0.4, -0.2) is 20.6 Å². The van der Waals surface area contributed by atoms with E-state index in [1.54, 1.807) is 12.5 Å². The van der Waals surface area contributed by atoms with E-state index in [0.29, 0.717) is 0 Å². The van der Waals surface area contributed by atoms with Crippen molar-refractivity contribution >= 4 is 5.97 Å². The third kappa shape index (κ3) is 1.95. The summed E-state index contributed by atoms with van der Waals surface area (Å²) in [6, 6.07) is 7.48. The summed E-state index contributed by atoms with van der Waals surface area (Å²) < 4.78 is 1.88. The largest absolute Gasteiger partial charge is 0.481 e. The predicted octanol–water partition coefficient (Wildman–Crippen LogP) is 1.71. The number of hydrogen-bond acceptors (Lipinski definition) is 2. The van der Waals surface area contributed by atoms with Gasteiger partial charge in [-0.3, -0.25) is 4.79 Å². The van der Waals surface area contributed by atoms with Crippen LogP contribution in [0.3, 0.4) is 0 Å². The molecule has 0 fully saturated rings. The summed E-state index contributed by atoms with van der Waals surface area (Å²) in [5.74, 6) is -0.824. The summed E-state index contributed by atoms with van der Waals surface area (Å²) in [5.41, 5.74) is 2.65. The molecule has 0 radical (unpaired) electrons. The van der Waals surface area contributed by atoms with Crippen LogP contribution < -0.4 is 0 Å². The molecule has 0 aliphatic heterocycles. The first kappa shape index (κ1) is 10.4. The van der Waals surface area contributed by atoms with Crippen LogP contribution in [-0.2, 0) is 18.3 Å². The van der Waals surface area contributed by atoms with Crippen molar-refractivity contribution in [3.05, 3.63) is 42.4 Å². The number of carboxylic acid groups (broad SMARTS) is 1. The van der Waals surface area contributed by atoms with Gasteiger partial charge in [0.2, 0.25) is 0 Å². The normalized spacial score (nSPS) is 10.3. The maximum atomic E-state index is 10.8. The van der Waals surface area contributed by atoms with Crippen molar-refractivity contribution in [3.63, 3.8) is 0 Å². The molecule has 0 saturated carbocycles. The fourth-order valence-electron chi connectivity index (χ4n) is 1.70. The summed E-state index contributed by atoms with van der Waals surface area (Å²) in [4.78, 5) is 14.8. The zero-order chi connectivity index (χ0) is 11.5. The molecule has 1 heterocycles. The van der Waals surface area contributed by atoms with Gasteiger partial charge in [0, 0.05) is 12.6 Å². The molecule has 0 amide bonds. The van der Waals surface area contributed by atoms with Gasteiger partial charge in [-0.05, 0) is 5.56 Å². The van der Waals surface area contributed by atoms with Crippen LogP contribution in [0.2, 0.25) is 0 Å². The average Bonchev–Trinajstić information content (AvgIpc) is 2.64. The van der Waals surface area contributed by atoms with Gasteiger partial charge >= 0.3 is 5.97 Å². The molecule has 0 aliphatic carbocycles. The monoisotopic (exact) mass is 216 g/mol. The van der Waals surface area contributed by atoms with Crippen LogP contribution in [0.25, 0.3) is 11.3 Å². The third-order valence-corrected chi connectivity index (χ3v) is 2.45. The molecule has 4 heteroatoms. The van der Waals surface area contributed by atoms with Crippen LogP contribution in [0.5, 0.6) is 0 Å². The lowest BCUT2D eigenvalue weighted by Crippen LogP contribution is -2.02. The Kier molecular flexibility index (Phi) is 2.72. The van der Waals surface area contributed by atoms with Crippen LogP contribution in [0, 0.1) is 0 Å². The molecule has 16 heavy (non-hydrogen) atoms. The lowest BCUT2D eigenvalue weighted by atomic mass is 10.0. The van der Waals surface area contributed by atoms with Gasteiger partial charge in [-0.2, -0.15) is 0 Å². The van der Waals surface area contributed by atoms with E-state index in [1.165, 1.54) is 0 Å². The molecule has 0 spiro atoms. The molecule has 2 aromatic rings. The predicted molar refractivity (Wildman–Crippen MR) is 60.0 cm³/mol. The van der Waals surface area contributed by atoms with E-state index in [-0.39, 0.29) is 6.42 Å². The van der Waals surface area contributed by atoms with Gasteiger partial charge in [0.25, 0.3) is 0 Å². The number of aliphatic carboxylic acids is 1. The molecule has 1 N–H and O–H groups in total. The number of aryl methyl sites for hydroxylation is 1. The third-order valence-electron chi connectivity index (χ3n) is 2.45. The van der Waals surface area contributed by atoms with E-state index < -0.39 is 5.97 Å². The van der Waals surface area contributed by atoms with Crippen molar-refractivity contribution in [2.45, 2.75) is 6.42 Å². The van der Waals surface area contributed by atoms with Crippen molar-refractivity contribution in [1.82, 2.24) is 9.55 Å². The van der Waals surface area contributed by atoms with Crippen LogP contribution in [0.15, 0.2) is 36.8 Å². The standard InChI is InChI=1S/C12H12N2O2/c1-14-8-13-7-11(14)10-5-3-2-4-9(10)6-12(15)16/h2-5,7-8H,6H2,1H3,(H,15,16).